The van der Waals surface area contributed by atoms with E-state index in [0.29, 0.717) is 11.8 Å². The van der Waals surface area contributed by atoms with Crippen LogP contribution in [0.5, 0.6) is 0 Å². The molecule has 2 fully saturated rings. The molecule has 1 atom stereocenters. The SMILES string of the molecule is Cn1ncnc1SCC(NC1CC1)(C(=O)O)C1CC1. The summed E-state index contributed by atoms with van der Waals surface area (Å²) in [5.74, 6) is 0.0404. The van der Waals surface area contributed by atoms with Gasteiger partial charge >= 0.3 is 5.97 Å². The Morgan fingerprint density at radius 2 is 2.32 bits per heavy atom. The molecule has 1 heterocycles. The highest BCUT2D eigenvalue weighted by Gasteiger charge is 2.53. The normalized spacial score (nSPS) is 22.2. The first-order valence-corrected chi connectivity index (χ1v) is 7.58. The van der Waals surface area contributed by atoms with Crippen molar-refractivity contribution in [3.8, 4) is 0 Å². The number of aliphatic carboxylic acids is 1. The van der Waals surface area contributed by atoms with E-state index in [4.69, 9.17) is 0 Å². The third kappa shape index (κ3) is 2.62. The minimum atomic E-state index is -0.794. The fourth-order valence-corrected chi connectivity index (χ4v) is 3.49. The second-order valence-electron chi connectivity index (χ2n) is 5.42. The van der Waals surface area contributed by atoms with Crippen LogP contribution in [0.4, 0.5) is 0 Å². The first-order valence-electron chi connectivity index (χ1n) is 6.60. The molecule has 1 unspecified atom stereocenters. The zero-order valence-corrected chi connectivity index (χ0v) is 11.7. The lowest BCUT2D eigenvalue weighted by Gasteiger charge is -2.30. The molecule has 0 aromatic carbocycles. The standard InChI is InChI=1S/C12H18N4O2S/c1-16-11(13-7-14-16)19-6-12(10(17)18,8-2-3-8)15-9-4-5-9/h7-9,15H,2-6H2,1H3,(H,17,18). The van der Waals surface area contributed by atoms with Gasteiger partial charge in [0.2, 0.25) is 0 Å². The number of hydrogen-bond donors (Lipinski definition) is 2. The van der Waals surface area contributed by atoms with Gasteiger partial charge in [0.05, 0.1) is 0 Å². The van der Waals surface area contributed by atoms with E-state index in [2.05, 4.69) is 15.4 Å². The average Bonchev–Trinajstić information content (AvgIpc) is 3.25. The third-order valence-corrected chi connectivity index (χ3v) is 5.02. The van der Waals surface area contributed by atoms with Gasteiger partial charge in [-0.15, -0.1) is 0 Å². The fourth-order valence-electron chi connectivity index (χ4n) is 2.34. The molecule has 104 valence electrons. The average molecular weight is 282 g/mol. The highest BCUT2D eigenvalue weighted by Crippen LogP contribution is 2.44. The van der Waals surface area contributed by atoms with Crippen LogP contribution in [-0.4, -0.2) is 43.2 Å². The second-order valence-corrected chi connectivity index (χ2v) is 6.37. The van der Waals surface area contributed by atoms with Crippen LogP contribution < -0.4 is 5.32 Å². The van der Waals surface area contributed by atoms with Crippen LogP contribution in [0, 0.1) is 5.92 Å². The Morgan fingerprint density at radius 1 is 1.58 bits per heavy atom. The van der Waals surface area contributed by atoms with Gasteiger partial charge in [-0.05, 0) is 31.6 Å². The van der Waals surface area contributed by atoms with Crippen molar-refractivity contribution in [2.45, 2.75) is 42.4 Å². The van der Waals surface area contributed by atoms with E-state index >= 15 is 0 Å². The van der Waals surface area contributed by atoms with Crippen molar-refractivity contribution < 1.29 is 9.90 Å². The fraction of sp³-hybridized carbons (Fsp3) is 0.750. The molecule has 0 radical (unpaired) electrons. The molecule has 0 bridgehead atoms. The topological polar surface area (TPSA) is 80.0 Å². The number of carboxylic acid groups (broad SMARTS) is 1. The van der Waals surface area contributed by atoms with Gasteiger partial charge in [-0.2, -0.15) is 5.10 Å². The maximum Gasteiger partial charge on any atom is 0.325 e. The zero-order valence-electron chi connectivity index (χ0n) is 10.9. The first-order chi connectivity index (χ1) is 9.12. The number of nitrogens with one attached hydrogen (secondary N) is 1. The Morgan fingerprint density at radius 3 is 2.79 bits per heavy atom. The Labute approximate surface area is 116 Å². The highest BCUT2D eigenvalue weighted by atomic mass is 32.2. The summed E-state index contributed by atoms with van der Waals surface area (Å²) in [6, 6.07) is 0.386. The maximum absolute atomic E-state index is 11.8. The largest absolute Gasteiger partial charge is 0.480 e. The lowest BCUT2D eigenvalue weighted by molar-refractivity contribution is -0.145. The first kappa shape index (κ1) is 12.9. The molecule has 19 heavy (non-hydrogen) atoms. The molecule has 2 aliphatic carbocycles. The molecule has 2 N–H and O–H groups in total. The van der Waals surface area contributed by atoms with Crippen molar-refractivity contribution >= 4 is 17.7 Å². The number of aryl methyl sites for hydroxylation is 1. The van der Waals surface area contributed by atoms with Crippen molar-refractivity contribution in [3.05, 3.63) is 6.33 Å². The molecule has 0 aliphatic heterocycles. The van der Waals surface area contributed by atoms with Crippen LogP contribution in [0.3, 0.4) is 0 Å². The lowest BCUT2D eigenvalue weighted by atomic mass is 9.95. The quantitative estimate of drug-likeness (QED) is 0.723. The van der Waals surface area contributed by atoms with Crippen molar-refractivity contribution in [3.63, 3.8) is 0 Å². The molecule has 6 nitrogen and oxygen atoms in total. The molecule has 0 spiro atoms. The van der Waals surface area contributed by atoms with E-state index in [0.717, 1.165) is 30.8 Å². The minimum absolute atomic E-state index is 0.256. The number of hydrogen-bond acceptors (Lipinski definition) is 5. The van der Waals surface area contributed by atoms with Crippen molar-refractivity contribution in [2.75, 3.05) is 5.75 Å². The molecule has 2 saturated carbocycles. The zero-order chi connectivity index (χ0) is 13.5. The summed E-state index contributed by atoms with van der Waals surface area (Å²) >= 11 is 1.47. The summed E-state index contributed by atoms with van der Waals surface area (Å²) < 4.78 is 1.68. The molecule has 1 aromatic heterocycles. The lowest BCUT2D eigenvalue weighted by Crippen LogP contribution is -2.57. The Bertz CT molecular complexity index is 484. The van der Waals surface area contributed by atoms with Crippen LogP contribution in [0.1, 0.15) is 25.7 Å². The summed E-state index contributed by atoms with van der Waals surface area (Å²) in [4.78, 5) is 15.9. The summed E-state index contributed by atoms with van der Waals surface area (Å²) in [7, 11) is 1.82. The Hall–Kier alpha value is -1.08. The maximum atomic E-state index is 11.8. The van der Waals surface area contributed by atoms with E-state index in [1.165, 1.54) is 18.1 Å². The molecule has 0 amide bonds. The van der Waals surface area contributed by atoms with Gasteiger partial charge in [0.15, 0.2) is 5.16 Å². The molecule has 3 rings (SSSR count). The molecule has 1 aromatic rings. The highest BCUT2D eigenvalue weighted by molar-refractivity contribution is 7.99. The van der Waals surface area contributed by atoms with E-state index in [1.807, 2.05) is 7.05 Å². The van der Waals surface area contributed by atoms with Crippen molar-refractivity contribution in [1.29, 1.82) is 0 Å². The summed E-state index contributed by atoms with van der Waals surface area (Å²) in [6.45, 7) is 0. The van der Waals surface area contributed by atoms with Crippen LogP contribution in [0.2, 0.25) is 0 Å². The molecular formula is C12H18N4O2S. The van der Waals surface area contributed by atoms with Gasteiger partial charge in [-0.25, -0.2) is 9.67 Å². The van der Waals surface area contributed by atoms with Crippen LogP contribution >= 0.6 is 11.8 Å². The van der Waals surface area contributed by atoms with E-state index < -0.39 is 11.5 Å². The Kier molecular flexibility index (Phi) is 3.26. The van der Waals surface area contributed by atoms with Crippen molar-refractivity contribution in [1.82, 2.24) is 20.1 Å². The van der Waals surface area contributed by atoms with Gasteiger partial charge < -0.3 is 5.11 Å². The Balaban J connectivity index is 1.74. The van der Waals surface area contributed by atoms with Gasteiger partial charge in [-0.1, -0.05) is 11.8 Å². The summed E-state index contributed by atoms with van der Waals surface area (Å²) in [5.41, 5.74) is -0.794. The summed E-state index contributed by atoms with van der Waals surface area (Å²) in [5, 5.41) is 17.8. The van der Waals surface area contributed by atoms with Gasteiger partial charge in [0, 0.05) is 18.8 Å². The smallest absolute Gasteiger partial charge is 0.325 e. The molecule has 0 saturated heterocycles. The predicted molar refractivity (Wildman–Crippen MR) is 71.0 cm³/mol. The van der Waals surface area contributed by atoms with Crippen LogP contribution in [0.25, 0.3) is 0 Å². The minimum Gasteiger partial charge on any atom is -0.480 e. The van der Waals surface area contributed by atoms with Gasteiger partial charge in [0.25, 0.3) is 0 Å². The predicted octanol–water partition coefficient (Wildman–Crippen LogP) is 0.893. The van der Waals surface area contributed by atoms with Gasteiger partial charge in [-0.3, -0.25) is 10.1 Å². The number of thioether (sulfide) groups is 1. The molecule has 7 heteroatoms. The van der Waals surface area contributed by atoms with Gasteiger partial charge in [0.1, 0.15) is 11.9 Å². The van der Waals surface area contributed by atoms with Crippen LogP contribution in [-0.2, 0) is 11.8 Å². The number of rotatable bonds is 7. The molecular weight excluding hydrogens is 264 g/mol. The summed E-state index contributed by atoms with van der Waals surface area (Å²) in [6.07, 6.45) is 5.69. The van der Waals surface area contributed by atoms with E-state index in [-0.39, 0.29) is 5.92 Å². The third-order valence-electron chi connectivity index (χ3n) is 3.79. The van der Waals surface area contributed by atoms with E-state index in [1.54, 1.807) is 4.68 Å². The monoisotopic (exact) mass is 282 g/mol. The molecule has 2 aliphatic rings. The number of carbonyl (C=O) groups is 1. The number of nitrogens with zero attached hydrogens (tertiary/aromatic N) is 3. The number of carboxylic acids is 1. The van der Waals surface area contributed by atoms with Crippen LogP contribution in [0.15, 0.2) is 11.5 Å². The van der Waals surface area contributed by atoms with Crippen molar-refractivity contribution in [2.24, 2.45) is 13.0 Å². The van der Waals surface area contributed by atoms with E-state index in [9.17, 15) is 9.90 Å². The number of aromatic nitrogens is 3. The second kappa shape index (κ2) is 4.79.